The molecule has 2 rings (SSSR count). The van der Waals surface area contributed by atoms with Crippen LogP contribution in [0.15, 0.2) is 0 Å². The van der Waals surface area contributed by atoms with Crippen LogP contribution in [0.1, 0.15) is 52.9 Å². The Kier molecular flexibility index (Phi) is 3.95. The van der Waals surface area contributed by atoms with Crippen LogP contribution in [0.2, 0.25) is 0 Å². The van der Waals surface area contributed by atoms with Crippen LogP contribution in [-0.4, -0.2) is 18.1 Å². The number of rotatable bonds is 3. The van der Waals surface area contributed by atoms with Crippen LogP contribution in [-0.2, 0) is 0 Å². The molecule has 0 spiro atoms. The van der Waals surface area contributed by atoms with Gasteiger partial charge < -0.3 is 10.6 Å². The molecule has 2 amide bonds. The number of amides is 2. The molecular formula is C14H26N2O. The van der Waals surface area contributed by atoms with Crippen LogP contribution in [0.3, 0.4) is 0 Å². The molecule has 0 aromatic carbocycles. The van der Waals surface area contributed by atoms with E-state index in [1.54, 1.807) is 0 Å². The summed E-state index contributed by atoms with van der Waals surface area (Å²) >= 11 is 0. The van der Waals surface area contributed by atoms with Gasteiger partial charge in [0.15, 0.2) is 0 Å². The summed E-state index contributed by atoms with van der Waals surface area (Å²) in [6, 6.07) is 0.878. The molecule has 0 saturated heterocycles. The van der Waals surface area contributed by atoms with Crippen molar-refractivity contribution in [3.8, 4) is 0 Å². The Bertz CT molecular complexity index is 273. The molecule has 3 nitrogen and oxygen atoms in total. The topological polar surface area (TPSA) is 41.1 Å². The van der Waals surface area contributed by atoms with E-state index in [4.69, 9.17) is 0 Å². The Morgan fingerprint density at radius 1 is 1.12 bits per heavy atom. The SMILES string of the molecule is CC(C)[C@@H]1CC[C@@H](C)C[C@@H]1NC(=O)NC1CC1. The van der Waals surface area contributed by atoms with Crippen molar-refractivity contribution in [3.05, 3.63) is 0 Å². The van der Waals surface area contributed by atoms with Gasteiger partial charge in [-0.05, 0) is 43.4 Å². The van der Waals surface area contributed by atoms with Crippen molar-refractivity contribution < 1.29 is 4.79 Å². The van der Waals surface area contributed by atoms with Gasteiger partial charge in [-0.3, -0.25) is 0 Å². The molecule has 2 saturated carbocycles. The van der Waals surface area contributed by atoms with Crippen molar-refractivity contribution in [1.82, 2.24) is 10.6 Å². The molecule has 0 unspecified atom stereocenters. The molecule has 2 aliphatic rings. The highest BCUT2D eigenvalue weighted by Gasteiger charge is 2.32. The Morgan fingerprint density at radius 2 is 1.82 bits per heavy atom. The zero-order valence-corrected chi connectivity index (χ0v) is 11.3. The fourth-order valence-electron chi connectivity index (χ4n) is 2.99. The smallest absolute Gasteiger partial charge is 0.315 e. The molecule has 2 aliphatic carbocycles. The molecule has 2 fully saturated rings. The summed E-state index contributed by atoms with van der Waals surface area (Å²) in [5.41, 5.74) is 0. The van der Waals surface area contributed by atoms with E-state index in [1.807, 2.05) is 0 Å². The number of hydrogen-bond acceptors (Lipinski definition) is 1. The normalized spacial score (nSPS) is 33.5. The van der Waals surface area contributed by atoms with Crippen LogP contribution in [0.25, 0.3) is 0 Å². The van der Waals surface area contributed by atoms with Crippen LogP contribution in [0.5, 0.6) is 0 Å². The molecule has 0 radical (unpaired) electrons. The third-order valence-corrected chi connectivity index (χ3v) is 4.25. The minimum atomic E-state index is 0.0530. The zero-order chi connectivity index (χ0) is 12.4. The van der Waals surface area contributed by atoms with Crippen molar-refractivity contribution in [2.45, 2.75) is 65.0 Å². The lowest BCUT2D eigenvalue weighted by Crippen LogP contribution is -2.49. The van der Waals surface area contributed by atoms with E-state index in [-0.39, 0.29) is 6.03 Å². The quantitative estimate of drug-likeness (QED) is 0.780. The number of carbonyl (C=O) groups is 1. The van der Waals surface area contributed by atoms with E-state index < -0.39 is 0 Å². The molecule has 0 aliphatic heterocycles. The average Bonchev–Trinajstić information content (AvgIpc) is 3.00. The van der Waals surface area contributed by atoms with Gasteiger partial charge in [-0.1, -0.05) is 27.2 Å². The summed E-state index contributed by atoms with van der Waals surface area (Å²) in [7, 11) is 0. The van der Waals surface area contributed by atoms with Crippen molar-refractivity contribution in [3.63, 3.8) is 0 Å². The first kappa shape index (κ1) is 12.7. The maximum Gasteiger partial charge on any atom is 0.315 e. The van der Waals surface area contributed by atoms with Crippen molar-refractivity contribution in [2.24, 2.45) is 17.8 Å². The molecular weight excluding hydrogens is 212 g/mol. The fourth-order valence-corrected chi connectivity index (χ4v) is 2.99. The van der Waals surface area contributed by atoms with Gasteiger partial charge in [0.25, 0.3) is 0 Å². The monoisotopic (exact) mass is 238 g/mol. The lowest BCUT2D eigenvalue weighted by Gasteiger charge is -2.37. The van der Waals surface area contributed by atoms with Gasteiger partial charge in [0.05, 0.1) is 0 Å². The Hall–Kier alpha value is -0.730. The van der Waals surface area contributed by atoms with Gasteiger partial charge in [-0.2, -0.15) is 0 Å². The number of nitrogens with one attached hydrogen (secondary N) is 2. The van der Waals surface area contributed by atoms with E-state index in [1.165, 1.54) is 12.8 Å². The average molecular weight is 238 g/mol. The summed E-state index contributed by atoms with van der Waals surface area (Å²) in [5, 5.41) is 6.23. The molecule has 17 heavy (non-hydrogen) atoms. The fraction of sp³-hybridized carbons (Fsp3) is 0.929. The molecule has 3 atom stereocenters. The predicted molar refractivity (Wildman–Crippen MR) is 69.8 cm³/mol. The molecule has 98 valence electrons. The van der Waals surface area contributed by atoms with Gasteiger partial charge in [0, 0.05) is 12.1 Å². The second-order valence-corrected chi connectivity index (χ2v) is 6.32. The predicted octanol–water partition coefficient (Wildman–Crippen LogP) is 2.91. The second kappa shape index (κ2) is 5.28. The van der Waals surface area contributed by atoms with E-state index in [2.05, 4.69) is 31.4 Å². The second-order valence-electron chi connectivity index (χ2n) is 6.32. The number of carbonyl (C=O) groups excluding carboxylic acids is 1. The molecule has 0 aromatic heterocycles. The zero-order valence-electron chi connectivity index (χ0n) is 11.3. The Morgan fingerprint density at radius 3 is 2.41 bits per heavy atom. The van der Waals surface area contributed by atoms with Gasteiger partial charge >= 0.3 is 6.03 Å². The van der Waals surface area contributed by atoms with Crippen molar-refractivity contribution >= 4 is 6.03 Å². The van der Waals surface area contributed by atoms with Gasteiger partial charge in [-0.25, -0.2) is 4.79 Å². The number of urea groups is 1. The third kappa shape index (κ3) is 3.62. The van der Waals surface area contributed by atoms with E-state index >= 15 is 0 Å². The van der Waals surface area contributed by atoms with Crippen LogP contribution in [0.4, 0.5) is 4.79 Å². The van der Waals surface area contributed by atoms with Gasteiger partial charge in [-0.15, -0.1) is 0 Å². The summed E-state index contributed by atoms with van der Waals surface area (Å²) in [6.45, 7) is 6.84. The lowest BCUT2D eigenvalue weighted by atomic mass is 9.74. The van der Waals surface area contributed by atoms with Crippen molar-refractivity contribution in [2.75, 3.05) is 0 Å². The summed E-state index contributed by atoms with van der Waals surface area (Å²) in [5.74, 6) is 2.06. The highest BCUT2D eigenvalue weighted by atomic mass is 16.2. The Balaban J connectivity index is 1.87. The Labute approximate surface area is 105 Å². The standard InChI is InChI=1S/C14H26N2O/c1-9(2)12-7-4-10(3)8-13(12)16-14(17)15-11-5-6-11/h9-13H,4-8H2,1-3H3,(H2,15,16,17)/t10-,12+,13+/m1/s1. The summed E-state index contributed by atoms with van der Waals surface area (Å²) < 4.78 is 0. The molecule has 2 N–H and O–H groups in total. The van der Waals surface area contributed by atoms with Gasteiger partial charge in [0.2, 0.25) is 0 Å². The van der Waals surface area contributed by atoms with E-state index in [9.17, 15) is 4.79 Å². The maximum atomic E-state index is 11.8. The number of hydrogen-bond donors (Lipinski definition) is 2. The van der Waals surface area contributed by atoms with Crippen LogP contribution in [0, 0.1) is 17.8 Å². The minimum absolute atomic E-state index is 0.0530. The van der Waals surface area contributed by atoms with E-state index in [0.29, 0.717) is 23.9 Å². The largest absolute Gasteiger partial charge is 0.335 e. The summed E-state index contributed by atoms with van der Waals surface area (Å²) in [4.78, 5) is 11.8. The van der Waals surface area contributed by atoms with Crippen molar-refractivity contribution in [1.29, 1.82) is 0 Å². The lowest BCUT2D eigenvalue weighted by molar-refractivity contribution is 0.168. The molecule has 0 aromatic rings. The first-order chi connectivity index (χ1) is 8.06. The highest BCUT2D eigenvalue weighted by molar-refractivity contribution is 5.74. The molecule has 0 heterocycles. The molecule has 3 heteroatoms. The van der Waals surface area contributed by atoms with Crippen LogP contribution < -0.4 is 10.6 Å². The summed E-state index contributed by atoms with van der Waals surface area (Å²) in [6.07, 6.45) is 6.02. The maximum absolute atomic E-state index is 11.8. The first-order valence-corrected chi connectivity index (χ1v) is 7.13. The van der Waals surface area contributed by atoms with Gasteiger partial charge in [0.1, 0.15) is 0 Å². The highest BCUT2D eigenvalue weighted by Crippen LogP contribution is 2.33. The van der Waals surface area contributed by atoms with E-state index in [0.717, 1.165) is 25.2 Å². The third-order valence-electron chi connectivity index (χ3n) is 4.25. The first-order valence-electron chi connectivity index (χ1n) is 7.13. The van der Waals surface area contributed by atoms with Crippen LogP contribution >= 0.6 is 0 Å². The minimum Gasteiger partial charge on any atom is -0.335 e. The molecule has 0 bridgehead atoms.